The molecule has 0 aliphatic carbocycles. The van der Waals surface area contributed by atoms with Crippen molar-refractivity contribution in [3.8, 4) is 0 Å². The SMILES string of the molecule is CC(Br)c1nc([N+](=O)[O-])cn1C. The zero-order valence-electron chi connectivity index (χ0n) is 6.69. The van der Waals surface area contributed by atoms with E-state index in [1.807, 2.05) is 6.92 Å². The predicted molar refractivity (Wildman–Crippen MR) is 47.2 cm³/mol. The maximum Gasteiger partial charge on any atom is 0.381 e. The van der Waals surface area contributed by atoms with Crippen molar-refractivity contribution in [2.45, 2.75) is 11.8 Å². The lowest BCUT2D eigenvalue weighted by atomic mass is 10.5. The van der Waals surface area contributed by atoms with Gasteiger partial charge in [-0.25, -0.2) is 0 Å². The van der Waals surface area contributed by atoms with Crippen LogP contribution in [0, 0.1) is 10.1 Å². The molecule has 6 heteroatoms. The van der Waals surface area contributed by atoms with Gasteiger partial charge in [-0.15, -0.1) is 0 Å². The molecular formula is C6H8BrN3O2. The predicted octanol–water partition coefficient (Wildman–Crippen LogP) is 1.78. The van der Waals surface area contributed by atoms with Crippen LogP contribution < -0.4 is 0 Å². The smallest absolute Gasteiger partial charge is 0.358 e. The van der Waals surface area contributed by atoms with Crippen LogP contribution >= 0.6 is 15.9 Å². The first-order chi connectivity index (χ1) is 5.52. The molecule has 1 heterocycles. The van der Waals surface area contributed by atoms with Crippen molar-refractivity contribution in [2.24, 2.45) is 7.05 Å². The van der Waals surface area contributed by atoms with E-state index in [1.54, 1.807) is 11.6 Å². The zero-order valence-corrected chi connectivity index (χ0v) is 8.28. The average Bonchev–Trinajstić information content (AvgIpc) is 2.30. The van der Waals surface area contributed by atoms with E-state index in [1.165, 1.54) is 6.20 Å². The Morgan fingerprint density at radius 1 is 1.83 bits per heavy atom. The summed E-state index contributed by atoms with van der Waals surface area (Å²) in [5.74, 6) is 0.542. The van der Waals surface area contributed by atoms with Crippen molar-refractivity contribution in [3.05, 3.63) is 22.1 Å². The minimum absolute atomic E-state index is 0.0243. The highest BCUT2D eigenvalue weighted by atomic mass is 79.9. The second-order valence-corrected chi connectivity index (χ2v) is 3.81. The van der Waals surface area contributed by atoms with Crippen LogP contribution in [0.2, 0.25) is 0 Å². The summed E-state index contributed by atoms with van der Waals surface area (Å²) < 4.78 is 1.64. The highest BCUT2D eigenvalue weighted by Gasteiger charge is 2.19. The lowest BCUT2D eigenvalue weighted by Gasteiger charge is -1.95. The van der Waals surface area contributed by atoms with E-state index < -0.39 is 4.92 Å². The minimum atomic E-state index is -0.501. The summed E-state index contributed by atoms with van der Waals surface area (Å²) in [7, 11) is 1.73. The Bertz CT molecular complexity index is 308. The Kier molecular flexibility index (Phi) is 2.46. The molecule has 1 aromatic rings. The van der Waals surface area contributed by atoms with Crippen LogP contribution in [0.4, 0.5) is 5.82 Å². The summed E-state index contributed by atoms with van der Waals surface area (Å²) in [6.45, 7) is 1.87. The molecule has 1 rings (SSSR count). The first kappa shape index (κ1) is 9.18. The molecule has 0 saturated heterocycles. The Balaban J connectivity index is 3.09. The topological polar surface area (TPSA) is 61.0 Å². The molecule has 1 aromatic heterocycles. The third-order valence-electron chi connectivity index (χ3n) is 1.44. The molecular weight excluding hydrogens is 226 g/mol. The number of hydrogen-bond acceptors (Lipinski definition) is 3. The van der Waals surface area contributed by atoms with E-state index in [2.05, 4.69) is 20.9 Å². The van der Waals surface area contributed by atoms with Crippen LogP contribution in [0.25, 0.3) is 0 Å². The zero-order chi connectivity index (χ0) is 9.30. The number of hydrogen-bond donors (Lipinski definition) is 0. The van der Waals surface area contributed by atoms with Crippen molar-refractivity contribution >= 4 is 21.7 Å². The van der Waals surface area contributed by atoms with Gasteiger partial charge in [0.15, 0.2) is 0 Å². The largest absolute Gasteiger partial charge is 0.381 e. The lowest BCUT2D eigenvalue weighted by molar-refractivity contribution is -0.389. The second-order valence-electron chi connectivity index (χ2n) is 2.44. The van der Waals surface area contributed by atoms with Gasteiger partial charge in [0.2, 0.25) is 5.82 Å². The van der Waals surface area contributed by atoms with Gasteiger partial charge in [0, 0.05) is 7.05 Å². The molecule has 0 N–H and O–H groups in total. The van der Waals surface area contributed by atoms with Crippen LogP contribution in [0.15, 0.2) is 6.20 Å². The monoisotopic (exact) mass is 233 g/mol. The Hall–Kier alpha value is -0.910. The van der Waals surface area contributed by atoms with Gasteiger partial charge in [0.25, 0.3) is 0 Å². The summed E-state index contributed by atoms with van der Waals surface area (Å²) in [6, 6.07) is 0. The van der Waals surface area contributed by atoms with Gasteiger partial charge in [-0.2, -0.15) is 0 Å². The van der Waals surface area contributed by atoms with Gasteiger partial charge < -0.3 is 14.7 Å². The molecule has 0 spiro atoms. The normalized spacial score (nSPS) is 12.9. The van der Waals surface area contributed by atoms with Crippen molar-refractivity contribution in [2.75, 3.05) is 0 Å². The maximum atomic E-state index is 10.3. The molecule has 1 atom stereocenters. The van der Waals surface area contributed by atoms with Gasteiger partial charge in [0.05, 0.1) is 4.83 Å². The molecule has 5 nitrogen and oxygen atoms in total. The number of rotatable bonds is 2. The molecule has 0 bridgehead atoms. The first-order valence-corrected chi connectivity index (χ1v) is 4.25. The van der Waals surface area contributed by atoms with Crippen molar-refractivity contribution in [3.63, 3.8) is 0 Å². The van der Waals surface area contributed by atoms with Gasteiger partial charge in [-0.3, -0.25) is 0 Å². The Morgan fingerprint density at radius 3 is 2.67 bits per heavy atom. The van der Waals surface area contributed by atoms with Crippen LogP contribution in [0.5, 0.6) is 0 Å². The fourth-order valence-corrected chi connectivity index (χ4v) is 1.35. The fraction of sp³-hybridized carbons (Fsp3) is 0.500. The van der Waals surface area contributed by atoms with E-state index in [0.717, 1.165) is 0 Å². The number of aryl methyl sites for hydroxylation is 1. The summed E-state index contributed by atoms with van der Waals surface area (Å²) in [5, 5.41) is 10.3. The molecule has 1 unspecified atom stereocenters. The number of nitro groups is 1. The van der Waals surface area contributed by atoms with Gasteiger partial charge in [0.1, 0.15) is 6.20 Å². The average molecular weight is 234 g/mol. The van der Waals surface area contributed by atoms with Crippen LogP contribution in [0.3, 0.4) is 0 Å². The third kappa shape index (κ3) is 1.63. The summed E-state index contributed by atoms with van der Waals surface area (Å²) in [4.78, 5) is 13.7. The molecule has 0 radical (unpaired) electrons. The van der Waals surface area contributed by atoms with Crippen LogP contribution in [-0.4, -0.2) is 14.5 Å². The van der Waals surface area contributed by atoms with Gasteiger partial charge >= 0.3 is 5.82 Å². The number of nitrogens with zero attached hydrogens (tertiary/aromatic N) is 3. The molecule has 0 aromatic carbocycles. The Labute approximate surface area is 77.7 Å². The molecule has 0 fully saturated rings. The van der Waals surface area contributed by atoms with E-state index >= 15 is 0 Å². The van der Waals surface area contributed by atoms with Crippen molar-refractivity contribution < 1.29 is 4.92 Å². The van der Waals surface area contributed by atoms with Gasteiger partial charge in [-0.05, 0) is 16.8 Å². The number of aromatic nitrogens is 2. The number of alkyl halides is 1. The van der Waals surface area contributed by atoms with E-state index in [-0.39, 0.29) is 10.6 Å². The highest BCUT2D eigenvalue weighted by Crippen LogP contribution is 2.22. The standard InChI is InChI=1S/C6H8BrN3O2/c1-4(7)6-8-5(10(11)12)3-9(6)2/h3-4H,1-2H3. The molecule has 0 saturated carbocycles. The molecule has 0 amide bonds. The van der Waals surface area contributed by atoms with Gasteiger partial charge in [-0.1, -0.05) is 15.9 Å². The summed E-state index contributed by atoms with van der Waals surface area (Å²) in [5.41, 5.74) is 0. The van der Waals surface area contributed by atoms with Crippen molar-refractivity contribution in [1.82, 2.24) is 9.55 Å². The second kappa shape index (κ2) is 3.22. The fourth-order valence-electron chi connectivity index (χ4n) is 0.922. The first-order valence-electron chi connectivity index (χ1n) is 3.34. The molecule has 0 aliphatic heterocycles. The number of halogens is 1. The van der Waals surface area contributed by atoms with E-state index in [4.69, 9.17) is 0 Å². The highest BCUT2D eigenvalue weighted by molar-refractivity contribution is 9.09. The minimum Gasteiger partial charge on any atom is -0.358 e. The van der Waals surface area contributed by atoms with Crippen LogP contribution in [0.1, 0.15) is 17.6 Å². The third-order valence-corrected chi connectivity index (χ3v) is 1.85. The maximum absolute atomic E-state index is 10.3. The Morgan fingerprint density at radius 2 is 2.42 bits per heavy atom. The van der Waals surface area contributed by atoms with Crippen LogP contribution in [-0.2, 0) is 7.05 Å². The van der Waals surface area contributed by atoms with E-state index in [0.29, 0.717) is 5.82 Å². The quantitative estimate of drug-likeness (QED) is 0.445. The summed E-state index contributed by atoms with van der Waals surface area (Å²) >= 11 is 3.29. The molecule has 12 heavy (non-hydrogen) atoms. The lowest BCUT2D eigenvalue weighted by Crippen LogP contribution is -1.96. The number of imidazole rings is 1. The van der Waals surface area contributed by atoms with E-state index in [9.17, 15) is 10.1 Å². The molecule has 0 aliphatic rings. The van der Waals surface area contributed by atoms with Crippen molar-refractivity contribution in [1.29, 1.82) is 0 Å². The summed E-state index contributed by atoms with van der Waals surface area (Å²) in [6.07, 6.45) is 1.40. The molecule has 66 valence electrons.